The van der Waals surface area contributed by atoms with E-state index in [1.165, 1.54) is 6.07 Å². The molecule has 1 saturated heterocycles. The molecule has 0 spiro atoms. The standard InChI is InChI=1S/C18H28FN3O2/c1-20-18(22-10-6-15-4-2-5-16(19)14-15)21-9-3-11-24-17-7-12-23-13-8-17/h2,4-5,14,17H,3,6-13H2,1H3,(H2,20,21,22). The SMILES string of the molecule is CN=C(NCCCOC1CCOCC1)NCCc1cccc(F)c1. The Morgan fingerprint density at radius 1 is 1.29 bits per heavy atom. The molecule has 1 aliphatic heterocycles. The van der Waals surface area contributed by atoms with Gasteiger partial charge < -0.3 is 20.1 Å². The van der Waals surface area contributed by atoms with Gasteiger partial charge in [0.05, 0.1) is 6.10 Å². The summed E-state index contributed by atoms with van der Waals surface area (Å²) in [4.78, 5) is 4.19. The molecule has 0 saturated carbocycles. The third-order valence-electron chi connectivity index (χ3n) is 3.95. The second-order valence-electron chi connectivity index (χ2n) is 5.84. The maximum atomic E-state index is 13.1. The maximum Gasteiger partial charge on any atom is 0.190 e. The summed E-state index contributed by atoms with van der Waals surface area (Å²) < 4.78 is 24.3. The number of ether oxygens (including phenoxy) is 2. The molecule has 0 bridgehead atoms. The molecule has 0 aromatic heterocycles. The zero-order chi connectivity index (χ0) is 17.0. The van der Waals surface area contributed by atoms with Crippen LogP contribution in [0.1, 0.15) is 24.8 Å². The van der Waals surface area contributed by atoms with Gasteiger partial charge in [-0.3, -0.25) is 4.99 Å². The van der Waals surface area contributed by atoms with Crippen LogP contribution in [0.4, 0.5) is 4.39 Å². The van der Waals surface area contributed by atoms with Gasteiger partial charge in [0, 0.05) is 40.0 Å². The molecule has 0 radical (unpaired) electrons. The van der Waals surface area contributed by atoms with Gasteiger partial charge in [-0.2, -0.15) is 0 Å². The lowest BCUT2D eigenvalue weighted by Crippen LogP contribution is -2.39. The van der Waals surface area contributed by atoms with Gasteiger partial charge in [0.2, 0.25) is 0 Å². The Kier molecular flexibility index (Phi) is 8.55. The molecule has 1 aromatic carbocycles. The molecule has 1 aromatic rings. The van der Waals surface area contributed by atoms with Crippen molar-refractivity contribution in [2.75, 3.05) is 40.0 Å². The zero-order valence-electron chi connectivity index (χ0n) is 14.4. The quantitative estimate of drug-likeness (QED) is 0.433. The first-order chi connectivity index (χ1) is 11.8. The minimum absolute atomic E-state index is 0.195. The monoisotopic (exact) mass is 337 g/mol. The predicted octanol–water partition coefficient (Wildman–Crippen LogP) is 2.12. The van der Waals surface area contributed by atoms with E-state index in [2.05, 4.69) is 15.6 Å². The summed E-state index contributed by atoms with van der Waals surface area (Å²) in [5, 5.41) is 6.50. The molecule has 1 fully saturated rings. The summed E-state index contributed by atoms with van der Waals surface area (Å²) in [6.07, 6.45) is 4.03. The van der Waals surface area contributed by atoms with E-state index < -0.39 is 0 Å². The van der Waals surface area contributed by atoms with Gasteiger partial charge >= 0.3 is 0 Å². The number of guanidine groups is 1. The van der Waals surface area contributed by atoms with Crippen LogP contribution in [-0.2, 0) is 15.9 Å². The van der Waals surface area contributed by atoms with E-state index in [1.807, 2.05) is 6.07 Å². The van der Waals surface area contributed by atoms with Crippen molar-refractivity contribution in [2.45, 2.75) is 31.8 Å². The largest absolute Gasteiger partial charge is 0.381 e. The molecule has 1 heterocycles. The van der Waals surface area contributed by atoms with Crippen LogP contribution in [0.15, 0.2) is 29.3 Å². The van der Waals surface area contributed by atoms with Crippen molar-refractivity contribution in [1.82, 2.24) is 10.6 Å². The van der Waals surface area contributed by atoms with Crippen LogP contribution in [-0.4, -0.2) is 52.0 Å². The first kappa shape index (κ1) is 18.7. The first-order valence-electron chi connectivity index (χ1n) is 8.66. The first-order valence-corrected chi connectivity index (χ1v) is 8.66. The highest BCUT2D eigenvalue weighted by Gasteiger charge is 2.13. The minimum atomic E-state index is -0.195. The molecule has 1 aliphatic rings. The number of nitrogens with zero attached hydrogens (tertiary/aromatic N) is 1. The fraction of sp³-hybridized carbons (Fsp3) is 0.611. The fourth-order valence-electron chi connectivity index (χ4n) is 2.61. The number of rotatable bonds is 8. The minimum Gasteiger partial charge on any atom is -0.381 e. The summed E-state index contributed by atoms with van der Waals surface area (Å²) in [5.41, 5.74) is 0.975. The van der Waals surface area contributed by atoms with E-state index in [0.29, 0.717) is 12.6 Å². The summed E-state index contributed by atoms with van der Waals surface area (Å²) in [5.74, 6) is 0.567. The van der Waals surface area contributed by atoms with Crippen molar-refractivity contribution in [3.8, 4) is 0 Å². The van der Waals surface area contributed by atoms with Crippen molar-refractivity contribution >= 4 is 5.96 Å². The zero-order valence-corrected chi connectivity index (χ0v) is 14.4. The number of nitrogens with one attached hydrogen (secondary N) is 2. The Balaban J connectivity index is 1.53. The second-order valence-corrected chi connectivity index (χ2v) is 5.84. The van der Waals surface area contributed by atoms with Crippen molar-refractivity contribution in [2.24, 2.45) is 4.99 Å². The number of benzene rings is 1. The van der Waals surface area contributed by atoms with Gasteiger partial charge in [0.15, 0.2) is 5.96 Å². The van der Waals surface area contributed by atoms with Crippen LogP contribution in [0.25, 0.3) is 0 Å². The molecule has 5 nitrogen and oxygen atoms in total. The predicted molar refractivity (Wildman–Crippen MR) is 93.9 cm³/mol. The van der Waals surface area contributed by atoms with Gasteiger partial charge in [0.1, 0.15) is 5.82 Å². The molecule has 24 heavy (non-hydrogen) atoms. The molecule has 0 aliphatic carbocycles. The van der Waals surface area contributed by atoms with E-state index in [9.17, 15) is 4.39 Å². The summed E-state index contributed by atoms with van der Waals surface area (Å²) in [6.45, 7) is 3.89. The molecule has 2 N–H and O–H groups in total. The average molecular weight is 337 g/mol. The molecular formula is C18H28FN3O2. The van der Waals surface area contributed by atoms with Crippen LogP contribution in [0.2, 0.25) is 0 Å². The Bertz CT molecular complexity index is 505. The fourth-order valence-corrected chi connectivity index (χ4v) is 2.61. The van der Waals surface area contributed by atoms with Crippen LogP contribution >= 0.6 is 0 Å². The Morgan fingerprint density at radius 2 is 2.08 bits per heavy atom. The topological polar surface area (TPSA) is 54.9 Å². The van der Waals surface area contributed by atoms with Crippen LogP contribution in [0, 0.1) is 5.82 Å². The van der Waals surface area contributed by atoms with Crippen LogP contribution in [0.5, 0.6) is 0 Å². The second kappa shape index (κ2) is 11.0. The summed E-state index contributed by atoms with van der Waals surface area (Å²) in [6, 6.07) is 6.68. The van der Waals surface area contributed by atoms with E-state index >= 15 is 0 Å². The number of halogens is 1. The van der Waals surface area contributed by atoms with Crippen molar-refractivity contribution < 1.29 is 13.9 Å². The molecule has 134 valence electrons. The lowest BCUT2D eigenvalue weighted by molar-refractivity contribution is -0.0320. The Hall–Kier alpha value is -1.66. The van der Waals surface area contributed by atoms with Crippen molar-refractivity contribution in [3.05, 3.63) is 35.6 Å². The highest BCUT2D eigenvalue weighted by molar-refractivity contribution is 5.79. The van der Waals surface area contributed by atoms with Gasteiger partial charge in [0.25, 0.3) is 0 Å². The third-order valence-corrected chi connectivity index (χ3v) is 3.95. The van der Waals surface area contributed by atoms with Gasteiger partial charge in [-0.25, -0.2) is 4.39 Å². The highest BCUT2D eigenvalue weighted by Crippen LogP contribution is 2.10. The van der Waals surface area contributed by atoms with E-state index in [0.717, 1.165) is 63.6 Å². The van der Waals surface area contributed by atoms with Gasteiger partial charge in [-0.15, -0.1) is 0 Å². The van der Waals surface area contributed by atoms with Gasteiger partial charge in [-0.05, 0) is 43.4 Å². The van der Waals surface area contributed by atoms with E-state index in [-0.39, 0.29) is 5.82 Å². The van der Waals surface area contributed by atoms with Crippen molar-refractivity contribution in [3.63, 3.8) is 0 Å². The molecule has 0 amide bonds. The van der Waals surface area contributed by atoms with Crippen LogP contribution in [0.3, 0.4) is 0 Å². The van der Waals surface area contributed by atoms with Gasteiger partial charge in [-0.1, -0.05) is 12.1 Å². The number of hydrogen-bond donors (Lipinski definition) is 2. The average Bonchev–Trinajstić information content (AvgIpc) is 2.61. The summed E-state index contributed by atoms with van der Waals surface area (Å²) in [7, 11) is 1.75. The molecule has 6 heteroatoms. The smallest absolute Gasteiger partial charge is 0.190 e. The number of hydrogen-bond acceptors (Lipinski definition) is 3. The van der Waals surface area contributed by atoms with E-state index in [4.69, 9.17) is 9.47 Å². The highest BCUT2D eigenvalue weighted by atomic mass is 19.1. The molecular weight excluding hydrogens is 309 g/mol. The molecule has 0 atom stereocenters. The molecule has 2 rings (SSSR count). The normalized spacial score (nSPS) is 16.2. The third kappa shape index (κ3) is 7.27. The van der Waals surface area contributed by atoms with Crippen molar-refractivity contribution in [1.29, 1.82) is 0 Å². The molecule has 0 unspecified atom stereocenters. The lowest BCUT2D eigenvalue weighted by atomic mass is 10.1. The number of aliphatic imine (C=N–C) groups is 1. The lowest BCUT2D eigenvalue weighted by Gasteiger charge is -2.22. The Morgan fingerprint density at radius 3 is 2.83 bits per heavy atom. The maximum absolute atomic E-state index is 13.1. The summed E-state index contributed by atoms with van der Waals surface area (Å²) >= 11 is 0. The Labute approximate surface area is 143 Å². The van der Waals surface area contributed by atoms with Crippen LogP contribution < -0.4 is 10.6 Å². The van der Waals surface area contributed by atoms with E-state index in [1.54, 1.807) is 19.2 Å².